The molecule has 2 heterocycles. The number of nitrogens with zero attached hydrogens (tertiary/aromatic N) is 2. The van der Waals surface area contributed by atoms with Crippen molar-refractivity contribution in [1.82, 2.24) is 15.5 Å². The number of hydrogen-bond donors (Lipinski definition) is 1. The summed E-state index contributed by atoms with van der Waals surface area (Å²) in [5.74, 6) is 2.98. The standard InChI is InChI=1S/C16H21N3O2/c1-12-7-9-17-14(11-12)16-18-15(19-21-16)8-10-20-13-5-3-2-4-6-13/h2-6,12,14,17H,7-11H2,1H3. The Balaban J connectivity index is 1.51. The van der Waals surface area contributed by atoms with Gasteiger partial charge in [0.25, 0.3) is 0 Å². The molecule has 1 aromatic carbocycles. The van der Waals surface area contributed by atoms with Crippen LogP contribution in [-0.2, 0) is 6.42 Å². The van der Waals surface area contributed by atoms with E-state index >= 15 is 0 Å². The Bertz CT molecular complexity index is 556. The second kappa shape index (κ2) is 6.72. The molecule has 0 radical (unpaired) electrons. The highest BCUT2D eigenvalue weighted by Crippen LogP contribution is 2.25. The summed E-state index contributed by atoms with van der Waals surface area (Å²) in [6, 6.07) is 9.96. The molecule has 5 heteroatoms. The van der Waals surface area contributed by atoms with E-state index in [4.69, 9.17) is 9.26 Å². The maximum Gasteiger partial charge on any atom is 0.243 e. The summed E-state index contributed by atoms with van der Waals surface area (Å²) in [7, 11) is 0. The van der Waals surface area contributed by atoms with Gasteiger partial charge >= 0.3 is 0 Å². The monoisotopic (exact) mass is 287 g/mol. The first-order chi connectivity index (χ1) is 10.3. The van der Waals surface area contributed by atoms with Gasteiger partial charge in [0.1, 0.15) is 5.75 Å². The van der Waals surface area contributed by atoms with Gasteiger partial charge in [0.05, 0.1) is 12.6 Å². The fourth-order valence-electron chi connectivity index (χ4n) is 2.58. The van der Waals surface area contributed by atoms with Crippen LogP contribution in [0.15, 0.2) is 34.9 Å². The van der Waals surface area contributed by atoms with Crippen molar-refractivity contribution >= 4 is 0 Å². The lowest BCUT2D eigenvalue weighted by molar-refractivity contribution is 0.258. The number of benzene rings is 1. The van der Waals surface area contributed by atoms with Crippen LogP contribution in [0.4, 0.5) is 0 Å². The fourth-order valence-corrected chi connectivity index (χ4v) is 2.58. The summed E-state index contributed by atoms with van der Waals surface area (Å²) >= 11 is 0. The summed E-state index contributed by atoms with van der Waals surface area (Å²) in [5.41, 5.74) is 0. The molecular formula is C16H21N3O2. The Morgan fingerprint density at radius 1 is 1.33 bits per heavy atom. The molecule has 2 aromatic rings. The topological polar surface area (TPSA) is 60.2 Å². The molecule has 112 valence electrons. The average Bonchev–Trinajstić information content (AvgIpc) is 2.97. The molecule has 0 saturated carbocycles. The van der Waals surface area contributed by atoms with E-state index in [-0.39, 0.29) is 6.04 Å². The second-order valence-electron chi connectivity index (χ2n) is 5.60. The van der Waals surface area contributed by atoms with E-state index in [2.05, 4.69) is 22.4 Å². The highest BCUT2D eigenvalue weighted by atomic mass is 16.5. The zero-order valence-corrected chi connectivity index (χ0v) is 12.3. The van der Waals surface area contributed by atoms with Gasteiger partial charge in [0.15, 0.2) is 5.82 Å². The molecule has 2 atom stereocenters. The first-order valence-corrected chi connectivity index (χ1v) is 7.55. The zero-order valence-electron chi connectivity index (χ0n) is 12.3. The van der Waals surface area contributed by atoms with Crippen LogP contribution in [-0.4, -0.2) is 23.3 Å². The molecule has 0 aliphatic carbocycles. The third-order valence-electron chi connectivity index (χ3n) is 3.79. The molecule has 5 nitrogen and oxygen atoms in total. The Labute approximate surface area is 124 Å². The summed E-state index contributed by atoms with van der Waals surface area (Å²) < 4.78 is 11.0. The van der Waals surface area contributed by atoms with Crippen LogP contribution in [0.25, 0.3) is 0 Å². The van der Waals surface area contributed by atoms with Gasteiger partial charge in [-0.25, -0.2) is 0 Å². The third kappa shape index (κ3) is 3.82. The molecule has 1 aliphatic rings. The molecule has 1 aromatic heterocycles. The third-order valence-corrected chi connectivity index (χ3v) is 3.79. The minimum absolute atomic E-state index is 0.199. The molecule has 1 fully saturated rings. The molecule has 1 N–H and O–H groups in total. The largest absolute Gasteiger partial charge is 0.493 e. The maximum atomic E-state index is 5.64. The van der Waals surface area contributed by atoms with Gasteiger partial charge in [0, 0.05) is 6.42 Å². The van der Waals surface area contributed by atoms with E-state index < -0.39 is 0 Å². The van der Waals surface area contributed by atoms with E-state index in [1.807, 2.05) is 30.3 Å². The quantitative estimate of drug-likeness (QED) is 0.916. The van der Waals surface area contributed by atoms with E-state index in [1.165, 1.54) is 6.42 Å². The Kier molecular flexibility index (Phi) is 4.50. The number of nitrogens with one attached hydrogen (secondary N) is 1. The Morgan fingerprint density at radius 3 is 3.00 bits per heavy atom. The number of hydrogen-bond acceptors (Lipinski definition) is 5. The summed E-state index contributed by atoms with van der Waals surface area (Å²) in [6.07, 6.45) is 2.92. The van der Waals surface area contributed by atoms with Crippen molar-refractivity contribution < 1.29 is 9.26 Å². The van der Waals surface area contributed by atoms with Crippen molar-refractivity contribution in [1.29, 1.82) is 0 Å². The van der Waals surface area contributed by atoms with E-state index in [0.717, 1.165) is 18.7 Å². The normalized spacial score (nSPS) is 22.1. The van der Waals surface area contributed by atoms with Gasteiger partial charge in [0.2, 0.25) is 5.89 Å². The van der Waals surface area contributed by atoms with Crippen molar-refractivity contribution in [2.45, 2.75) is 32.2 Å². The van der Waals surface area contributed by atoms with Gasteiger partial charge in [-0.2, -0.15) is 4.98 Å². The lowest BCUT2D eigenvalue weighted by atomic mass is 9.94. The highest BCUT2D eigenvalue weighted by molar-refractivity contribution is 5.20. The van der Waals surface area contributed by atoms with Gasteiger partial charge in [-0.05, 0) is 37.4 Å². The lowest BCUT2D eigenvalue weighted by Gasteiger charge is -2.25. The van der Waals surface area contributed by atoms with Crippen LogP contribution < -0.4 is 10.1 Å². The highest BCUT2D eigenvalue weighted by Gasteiger charge is 2.24. The van der Waals surface area contributed by atoms with Crippen molar-refractivity contribution in [3.05, 3.63) is 42.0 Å². The van der Waals surface area contributed by atoms with Gasteiger partial charge in [-0.3, -0.25) is 0 Å². The summed E-state index contributed by atoms with van der Waals surface area (Å²) in [5, 5.41) is 7.48. The number of piperidine rings is 1. The van der Waals surface area contributed by atoms with Gasteiger partial charge in [-0.15, -0.1) is 0 Å². The van der Waals surface area contributed by atoms with Crippen LogP contribution in [0.2, 0.25) is 0 Å². The van der Waals surface area contributed by atoms with Crippen LogP contribution >= 0.6 is 0 Å². The number of para-hydroxylation sites is 1. The second-order valence-corrected chi connectivity index (χ2v) is 5.60. The van der Waals surface area contributed by atoms with E-state index in [9.17, 15) is 0 Å². The SMILES string of the molecule is CC1CCNC(c2nc(CCOc3ccccc3)no2)C1. The van der Waals surface area contributed by atoms with Gasteiger partial charge in [-0.1, -0.05) is 30.3 Å². The van der Waals surface area contributed by atoms with Gasteiger partial charge < -0.3 is 14.6 Å². The van der Waals surface area contributed by atoms with Crippen LogP contribution in [0, 0.1) is 5.92 Å². The number of rotatable bonds is 5. The fraction of sp³-hybridized carbons (Fsp3) is 0.500. The Morgan fingerprint density at radius 2 is 2.19 bits per heavy atom. The van der Waals surface area contributed by atoms with Crippen molar-refractivity contribution in [2.24, 2.45) is 5.92 Å². The van der Waals surface area contributed by atoms with E-state index in [1.54, 1.807) is 0 Å². The molecule has 0 bridgehead atoms. The molecule has 1 aliphatic heterocycles. The maximum absolute atomic E-state index is 5.64. The Hall–Kier alpha value is -1.88. The predicted molar refractivity (Wildman–Crippen MR) is 79.1 cm³/mol. The summed E-state index contributed by atoms with van der Waals surface area (Å²) in [6.45, 7) is 3.83. The molecule has 1 saturated heterocycles. The zero-order chi connectivity index (χ0) is 14.5. The van der Waals surface area contributed by atoms with Crippen LogP contribution in [0.1, 0.15) is 37.5 Å². The first kappa shape index (κ1) is 14.1. The van der Waals surface area contributed by atoms with Crippen molar-refractivity contribution in [3.8, 4) is 5.75 Å². The average molecular weight is 287 g/mol. The minimum Gasteiger partial charge on any atom is -0.493 e. The lowest BCUT2D eigenvalue weighted by Crippen LogP contribution is -2.30. The molecule has 0 amide bonds. The van der Waals surface area contributed by atoms with Crippen molar-refractivity contribution in [3.63, 3.8) is 0 Å². The number of ether oxygens (including phenoxy) is 1. The predicted octanol–water partition coefficient (Wildman–Crippen LogP) is 2.75. The van der Waals surface area contributed by atoms with E-state index in [0.29, 0.717) is 30.7 Å². The smallest absolute Gasteiger partial charge is 0.243 e. The summed E-state index contributed by atoms with van der Waals surface area (Å²) in [4.78, 5) is 4.48. The molecule has 21 heavy (non-hydrogen) atoms. The van der Waals surface area contributed by atoms with Crippen LogP contribution in [0.5, 0.6) is 5.75 Å². The molecule has 0 spiro atoms. The first-order valence-electron chi connectivity index (χ1n) is 7.55. The molecular weight excluding hydrogens is 266 g/mol. The molecule has 3 rings (SSSR count). The minimum atomic E-state index is 0.199. The molecule has 2 unspecified atom stereocenters. The van der Waals surface area contributed by atoms with Crippen molar-refractivity contribution in [2.75, 3.05) is 13.2 Å². The number of aromatic nitrogens is 2. The van der Waals surface area contributed by atoms with Crippen LogP contribution in [0.3, 0.4) is 0 Å².